The molecule has 1 aliphatic carbocycles. The molecule has 0 aliphatic heterocycles. The number of ether oxygens (including phenoxy) is 1. The second kappa shape index (κ2) is 17.0. The maximum atomic E-state index is 8.83. The molecule has 0 aromatic rings. The summed E-state index contributed by atoms with van der Waals surface area (Å²) >= 11 is 0. The average Bonchev–Trinajstić information content (AvgIpc) is 2.61. The molecule has 0 aromatic carbocycles. The normalized spacial score (nSPS) is 20.6. The molecule has 0 saturated heterocycles. The number of rotatable bonds is 9. The number of allylic oxidation sites excluding steroid dienone is 1. The molecule has 0 radical (unpaired) electrons. The van der Waals surface area contributed by atoms with Crippen LogP contribution in [0.1, 0.15) is 60.3 Å². The van der Waals surface area contributed by atoms with Crippen molar-refractivity contribution in [3.63, 3.8) is 0 Å². The largest absolute Gasteiger partial charge is 0.400 e. The van der Waals surface area contributed by atoms with Gasteiger partial charge < -0.3 is 19.8 Å². The van der Waals surface area contributed by atoms with Crippen molar-refractivity contribution in [3.8, 4) is 0 Å². The summed E-state index contributed by atoms with van der Waals surface area (Å²) in [4.78, 5) is 2.11. The van der Waals surface area contributed by atoms with E-state index in [1.807, 2.05) is 20.9 Å². The highest BCUT2D eigenvalue weighted by molar-refractivity contribution is 5.16. The van der Waals surface area contributed by atoms with Gasteiger partial charge in [-0.15, -0.1) is 0 Å². The van der Waals surface area contributed by atoms with E-state index in [0.29, 0.717) is 18.2 Å². The molecule has 0 amide bonds. The molecule has 1 aliphatic rings. The number of aliphatic hydroxyl groups is 2. The van der Waals surface area contributed by atoms with E-state index < -0.39 is 0 Å². The van der Waals surface area contributed by atoms with E-state index in [2.05, 4.69) is 37.1 Å². The van der Waals surface area contributed by atoms with Crippen molar-refractivity contribution >= 4 is 0 Å². The molecule has 1 atom stereocenters. The van der Waals surface area contributed by atoms with Gasteiger partial charge in [0.25, 0.3) is 0 Å². The highest BCUT2D eigenvalue weighted by Gasteiger charge is 2.31. The number of hydrogen-bond donors (Lipinski definition) is 3. The third kappa shape index (κ3) is 12.5. The fourth-order valence-electron chi connectivity index (χ4n) is 2.86. The first-order chi connectivity index (χ1) is 12.0. The van der Waals surface area contributed by atoms with Crippen LogP contribution in [0.3, 0.4) is 0 Å². The zero-order valence-corrected chi connectivity index (χ0v) is 17.8. The van der Waals surface area contributed by atoms with Crippen LogP contribution in [-0.2, 0) is 4.74 Å². The quantitative estimate of drug-likeness (QED) is 0.335. The van der Waals surface area contributed by atoms with E-state index in [4.69, 9.17) is 14.9 Å². The summed E-state index contributed by atoms with van der Waals surface area (Å²) < 4.78 is 5.97. The monoisotopic (exact) mass is 360 g/mol. The fourth-order valence-corrected chi connectivity index (χ4v) is 2.86. The molecule has 0 aromatic heterocycles. The van der Waals surface area contributed by atoms with E-state index >= 15 is 0 Å². The minimum Gasteiger partial charge on any atom is -0.400 e. The van der Waals surface area contributed by atoms with E-state index in [-0.39, 0.29) is 6.61 Å². The molecular weight excluding hydrogens is 316 g/mol. The lowest BCUT2D eigenvalue weighted by molar-refractivity contribution is 0.0138. The van der Waals surface area contributed by atoms with Crippen molar-refractivity contribution < 1.29 is 14.9 Å². The summed E-state index contributed by atoms with van der Waals surface area (Å²) in [6, 6.07) is 0. The average molecular weight is 361 g/mol. The first-order valence-electron chi connectivity index (χ1n) is 9.75. The number of nitrogens with zero attached hydrogens (tertiary/aromatic N) is 1. The Kier molecular flexibility index (Phi) is 18.2. The summed E-state index contributed by atoms with van der Waals surface area (Å²) in [6.07, 6.45) is 7.29. The van der Waals surface area contributed by atoms with Crippen LogP contribution in [0.15, 0.2) is 11.6 Å². The topological polar surface area (TPSA) is 65.0 Å². The van der Waals surface area contributed by atoms with Gasteiger partial charge in [0, 0.05) is 26.7 Å². The van der Waals surface area contributed by atoms with Crippen LogP contribution in [0.4, 0.5) is 0 Å². The summed E-state index contributed by atoms with van der Waals surface area (Å²) in [7, 11) is 3.02. The smallest absolute Gasteiger partial charge is 0.0969 e. The molecule has 1 rings (SSSR count). The molecule has 152 valence electrons. The van der Waals surface area contributed by atoms with E-state index in [1.54, 1.807) is 5.57 Å². The second-order valence-corrected chi connectivity index (χ2v) is 6.72. The minimum atomic E-state index is 0.220. The Hall–Kier alpha value is -0.460. The molecule has 0 bridgehead atoms. The molecule has 25 heavy (non-hydrogen) atoms. The third-order valence-corrected chi connectivity index (χ3v) is 4.43. The molecule has 5 heteroatoms. The van der Waals surface area contributed by atoms with Crippen molar-refractivity contribution in [1.29, 1.82) is 0 Å². The van der Waals surface area contributed by atoms with E-state index in [9.17, 15) is 0 Å². The summed E-state index contributed by atoms with van der Waals surface area (Å²) in [5.41, 5.74) is 1.90. The van der Waals surface area contributed by atoms with Crippen molar-refractivity contribution in [2.45, 2.75) is 66.4 Å². The van der Waals surface area contributed by atoms with E-state index in [1.165, 1.54) is 6.42 Å². The first-order valence-corrected chi connectivity index (χ1v) is 9.75. The van der Waals surface area contributed by atoms with Crippen molar-refractivity contribution in [1.82, 2.24) is 10.2 Å². The zero-order valence-electron chi connectivity index (χ0n) is 17.8. The van der Waals surface area contributed by atoms with Gasteiger partial charge in [0.2, 0.25) is 0 Å². The Morgan fingerprint density at radius 3 is 2.48 bits per heavy atom. The van der Waals surface area contributed by atoms with Gasteiger partial charge >= 0.3 is 0 Å². The lowest BCUT2D eigenvalue weighted by atomic mass is 9.72. The third-order valence-electron chi connectivity index (χ3n) is 4.43. The maximum Gasteiger partial charge on any atom is 0.0969 e. The highest BCUT2D eigenvalue weighted by atomic mass is 16.5. The number of nitrogens with one attached hydrogen (secondary N) is 1. The number of hydrogen-bond acceptors (Lipinski definition) is 5. The van der Waals surface area contributed by atoms with Gasteiger partial charge in [-0.3, -0.25) is 5.32 Å². The zero-order chi connectivity index (χ0) is 19.7. The van der Waals surface area contributed by atoms with Crippen molar-refractivity contribution in [3.05, 3.63) is 11.6 Å². The summed E-state index contributed by atoms with van der Waals surface area (Å²) in [5, 5.41) is 19.2. The van der Waals surface area contributed by atoms with Gasteiger partial charge in [0.15, 0.2) is 0 Å². The summed E-state index contributed by atoms with van der Waals surface area (Å²) in [5.74, 6) is 0. The minimum absolute atomic E-state index is 0.220. The SMILES string of the molecule is CC.CC/C=C1/CC(OCNCCN(C)CCO)CCC1(C)C.CO. The van der Waals surface area contributed by atoms with Gasteiger partial charge in [-0.05, 0) is 38.1 Å². The van der Waals surface area contributed by atoms with Crippen molar-refractivity contribution in [2.24, 2.45) is 5.41 Å². The molecular formula is C20H44N2O3. The lowest BCUT2D eigenvalue weighted by Gasteiger charge is -2.37. The maximum absolute atomic E-state index is 8.83. The van der Waals surface area contributed by atoms with Crippen LogP contribution < -0.4 is 5.32 Å². The van der Waals surface area contributed by atoms with Crippen molar-refractivity contribution in [2.75, 3.05) is 47.1 Å². The van der Waals surface area contributed by atoms with Gasteiger partial charge in [-0.25, -0.2) is 0 Å². The predicted octanol–water partition coefficient (Wildman–Crippen LogP) is 3.02. The molecule has 1 unspecified atom stereocenters. The Morgan fingerprint density at radius 1 is 1.28 bits per heavy atom. The standard InChI is InChI=1S/C17H34N2O2.C2H6.CH4O/c1-5-6-15-13-16(7-8-17(15,2)3)21-14-18-9-10-19(4)11-12-20;2*1-2/h6,16,18,20H,5,7-14H2,1-4H3;1-2H3;2H,1H3/b15-6-;;. The van der Waals surface area contributed by atoms with Crippen LogP contribution >= 0.6 is 0 Å². The molecule has 0 heterocycles. The van der Waals surface area contributed by atoms with Crippen LogP contribution in [-0.4, -0.2) is 68.3 Å². The molecule has 0 spiro atoms. The van der Waals surface area contributed by atoms with Crippen LogP contribution in [0, 0.1) is 5.41 Å². The van der Waals surface area contributed by atoms with Crippen LogP contribution in [0.2, 0.25) is 0 Å². The Morgan fingerprint density at radius 2 is 1.92 bits per heavy atom. The number of likely N-dealkylation sites (N-methyl/N-ethyl adjacent to an activating group) is 1. The molecule has 1 saturated carbocycles. The predicted molar refractivity (Wildman–Crippen MR) is 108 cm³/mol. The van der Waals surface area contributed by atoms with Crippen LogP contribution in [0.5, 0.6) is 0 Å². The highest BCUT2D eigenvalue weighted by Crippen LogP contribution is 2.41. The molecule has 5 nitrogen and oxygen atoms in total. The van der Waals surface area contributed by atoms with E-state index in [0.717, 1.165) is 46.0 Å². The van der Waals surface area contributed by atoms with Gasteiger partial charge in [0.05, 0.1) is 19.4 Å². The summed E-state index contributed by atoms with van der Waals surface area (Å²) in [6.45, 7) is 14.3. The Bertz CT molecular complexity index is 320. The van der Waals surface area contributed by atoms with Crippen LogP contribution in [0.25, 0.3) is 0 Å². The molecule has 1 fully saturated rings. The second-order valence-electron chi connectivity index (χ2n) is 6.72. The van der Waals surface area contributed by atoms with Gasteiger partial charge in [-0.2, -0.15) is 0 Å². The first kappa shape index (κ1) is 26.8. The lowest BCUT2D eigenvalue weighted by Crippen LogP contribution is -2.35. The Labute approximate surface area is 156 Å². The fraction of sp³-hybridized carbons (Fsp3) is 0.900. The van der Waals surface area contributed by atoms with Gasteiger partial charge in [-0.1, -0.05) is 46.3 Å². The van der Waals surface area contributed by atoms with Gasteiger partial charge in [0.1, 0.15) is 0 Å². The number of aliphatic hydroxyl groups excluding tert-OH is 2. The Balaban J connectivity index is 0. The molecule has 3 N–H and O–H groups in total.